The molecule has 2 nitrogen and oxygen atoms in total. The number of nitrogens with two attached hydrogens (primary N) is 1. The molecule has 0 unspecified atom stereocenters. The van der Waals surface area contributed by atoms with E-state index in [1.807, 2.05) is 18.2 Å². The van der Waals surface area contributed by atoms with E-state index in [-0.39, 0.29) is 0 Å². The highest BCUT2D eigenvalue weighted by Crippen LogP contribution is 2.40. The summed E-state index contributed by atoms with van der Waals surface area (Å²) in [6.45, 7) is 0. The number of fused-ring (bicyclic) bond motifs is 7. The molecule has 22 heavy (non-hydrogen) atoms. The number of nitrogen functional groups attached to an aromatic ring is 1. The number of furan rings is 1. The van der Waals surface area contributed by atoms with Crippen molar-refractivity contribution < 1.29 is 4.42 Å². The summed E-state index contributed by atoms with van der Waals surface area (Å²) in [5.41, 5.74) is 8.59. The molecule has 0 saturated heterocycles. The van der Waals surface area contributed by atoms with Crippen molar-refractivity contribution in [3.63, 3.8) is 0 Å². The van der Waals surface area contributed by atoms with Gasteiger partial charge < -0.3 is 10.2 Å². The van der Waals surface area contributed by atoms with Gasteiger partial charge in [-0.2, -0.15) is 0 Å². The molecule has 0 amide bonds. The lowest BCUT2D eigenvalue weighted by Crippen LogP contribution is -1.86. The molecular weight excluding hydrogens is 270 g/mol. The van der Waals surface area contributed by atoms with Gasteiger partial charge in [0.15, 0.2) is 5.58 Å². The van der Waals surface area contributed by atoms with Crippen molar-refractivity contribution >= 4 is 49.2 Å². The summed E-state index contributed by atoms with van der Waals surface area (Å²) >= 11 is 0. The van der Waals surface area contributed by atoms with E-state index in [1.54, 1.807) is 0 Å². The Morgan fingerprint density at radius 2 is 1.36 bits per heavy atom. The molecule has 0 radical (unpaired) electrons. The van der Waals surface area contributed by atoms with Crippen molar-refractivity contribution in [3.05, 3.63) is 66.7 Å². The second-order valence-corrected chi connectivity index (χ2v) is 5.65. The van der Waals surface area contributed by atoms with Crippen LogP contribution in [0.15, 0.2) is 71.1 Å². The Labute approximate surface area is 126 Å². The lowest BCUT2D eigenvalue weighted by molar-refractivity contribution is 0.671. The van der Waals surface area contributed by atoms with Gasteiger partial charge in [-0.25, -0.2) is 0 Å². The highest BCUT2D eigenvalue weighted by molar-refractivity contribution is 6.28. The van der Waals surface area contributed by atoms with Crippen molar-refractivity contribution in [2.24, 2.45) is 0 Å². The van der Waals surface area contributed by atoms with Crippen molar-refractivity contribution in [2.75, 3.05) is 5.73 Å². The summed E-state index contributed by atoms with van der Waals surface area (Å²) in [7, 11) is 0. The van der Waals surface area contributed by atoms with Crippen LogP contribution in [0.25, 0.3) is 43.5 Å². The SMILES string of the molecule is Nc1cc2ccccc2c2c1oc1ccc3ccccc3c12. The van der Waals surface area contributed by atoms with Crippen LogP contribution in [-0.2, 0) is 0 Å². The van der Waals surface area contributed by atoms with E-state index in [1.165, 1.54) is 16.2 Å². The van der Waals surface area contributed by atoms with Gasteiger partial charge in [0.2, 0.25) is 0 Å². The number of benzene rings is 4. The van der Waals surface area contributed by atoms with Crippen molar-refractivity contribution in [3.8, 4) is 0 Å². The van der Waals surface area contributed by atoms with Gasteiger partial charge in [-0.1, -0.05) is 54.6 Å². The zero-order valence-corrected chi connectivity index (χ0v) is 11.8. The Bertz CT molecular complexity index is 1180. The van der Waals surface area contributed by atoms with E-state index in [0.717, 1.165) is 27.3 Å². The van der Waals surface area contributed by atoms with Gasteiger partial charge in [0.25, 0.3) is 0 Å². The lowest BCUT2D eigenvalue weighted by atomic mass is 9.99. The maximum Gasteiger partial charge on any atom is 0.158 e. The normalized spacial score (nSPS) is 11.8. The number of rotatable bonds is 0. The lowest BCUT2D eigenvalue weighted by Gasteiger charge is -2.03. The third-order valence-electron chi connectivity index (χ3n) is 4.38. The summed E-state index contributed by atoms with van der Waals surface area (Å²) in [6.07, 6.45) is 0. The van der Waals surface area contributed by atoms with Gasteiger partial charge in [0, 0.05) is 10.8 Å². The predicted molar refractivity (Wildman–Crippen MR) is 93.1 cm³/mol. The van der Waals surface area contributed by atoms with E-state index in [2.05, 4.69) is 48.5 Å². The van der Waals surface area contributed by atoms with Gasteiger partial charge >= 0.3 is 0 Å². The summed E-state index contributed by atoms with van der Waals surface area (Å²) in [5.74, 6) is 0. The number of hydrogen-bond acceptors (Lipinski definition) is 2. The first-order valence-corrected chi connectivity index (χ1v) is 7.34. The van der Waals surface area contributed by atoms with Crippen LogP contribution in [0.4, 0.5) is 5.69 Å². The van der Waals surface area contributed by atoms with Crippen LogP contribution in [0, 0.1) is 0 Å². The second-order valence-electron chi connectivity index (χ2n) is 5.65. The first-order valence-electron chi connectivity index (χ1n) is 7.34. The molecule has 104 valence electrons. The molecule has 2 heteroatoms. The molecule has 5 rings (SSSR count). The van der Waals surface area contributed by atoms with Crippen LogP contribution < -0.4 is 5.73 Å². The van der Waals surface area contributed by atoms with Crippen LogP contribution in [-0.4, -0.2) is 0 Å². The summed E-state index contributed by atoms with van der Waals surface area (Å²) < 4.78 is 6.07. The molecule has 0 atom stereocenters. The van der Waals surface area contributed by atoms with Crippen molar-refractivity contribution in [1.82, 2.24) is 0 Å². The molecule has 1 aromatic heterocycles. The molecule has 4 aromatic carbocycles. The molecule has 0 bridgehead atoms. The monoisotopic (exact) mass is 283 g/mol. The largest absolute Gasteiger partial charge is 0.454 e. The molecular formula is C20H13NO. The van der Waals surface area contributed by atoms with E-state index in [0.29, 0.717) is 5.69 Å². The molecule has 5 aromatic rings. The quantitative estimate of drug-likeness (QED) is 0.382. The molecule has 0 aliphatic carbocycles. The van der Waals surface area contributed by atoms with Crippen LogP contribution in [0.2, 0.25) is 0 Å². The van der Waals surface area contributed by atoms with E-state index in [9.17, 15) is 0 Å². The second kappa shape index (κ2) is 4.01. The first kappa shape index (κ1) is 11.6. The maximum atomic E-state index is 6.24. The minimum absolute atomic E-state index is 0.689. The molecule has 2 N–H and O–H groups in total. The van der Waals surface area contributed by atoms with E-state index in [4.69, 9.17) is 10.2 Å². The highest BCUT2D eigenvalue weighted by atomic mass is 16.3. The Morgan fingerprint density at radius 1 is 0.682 bits per heavy atom. The third-order valence-corrected chi connectivity index (χ3v) is 4.38. The fourth-order valence-corrected chi connectivity index (χ4v) is 3.41. The minimum atomic E-state index is 0.689. The standard InChI is InChI=1S/C20H13NO/c21-16-11-13-6-2-4-8-15(13)19-18-14-7-3-1-5-12(14)9-10-17(18)22-20(16)19/h1-11H,21H2. The van der Waals surface area contributed by atoms with Crippen LogP contribution in [0.5, 0.6) is 0 Å². The number of anilines is 1. The topological polar surface area (TPSA) is 39.2 Å². The fraction of sp³-hybridized carbons (Fsp3) is 0. The third kappa shape index (κ3) is 1.39. The minimum Gasteiger partial charge on any atom is -0.454 e. The summed E-state index contributed by atoms with van der Waals surface area (Å²) in [4.78, 5) is 0. The van der Waals surface area contributed by atoms with Crippen LogP contribution in [0.1, 0.15) is 0 Å². The maximum absolute atomic E-state index is 6.24. The van der Waals surface area contributed by atoms with Crippen LogP contribution in [0.3, 0.4) is 0 Å². The van der Waals surface area contributed by atoms with Gasteiger partial charge in [-0.05, 0) is 33.7 Å². The predicted octanol–water partition coefficient (Wildman–Crippen LogP) is 5.47. The molecule has 0 spiro atoms. The zero-order valence-electron chi connectivity index (χ0n) is 11.8. The molecule has 0 aliphatic heterocycles. The zero-order chi connectivity index (χ0) is 14.7. The molecule has 1 heterocycles. The Hall–Kier alpha value is -3.00. The van der Waals surface area contributed by atoms with Crippen molar-refractivity contribution in [2.45, 2.75) is 0 Å². The van der Waals surface area contributed by atoms with E-state index < -0.39 is 0 Å². The average Bonchev–Trinajstić information content (AvgIpc) is 2.96. The summed E-state index contributed by atoms with van der Waals surface area (Å²) in [6, 6.07) is 22.8. The average molecular weight is 283 g/mol. The van der Waals surface area contributed by atoms with Gasteiger partial charge in [0.1, 0.15) is 5.58 Å². The molecule has 0 aliphatic rings. The molecule has 0 saturated carbocycles. The summed E-state index contributed by atoms with van der Waals surface area (Å²) in [5, 5.41) is 7.00. The van der Waals surface area contributed by atoms with Gasteiger partial charge in [0.05, 0.1) is 5.69 Å². The number of hydrogen-bond donors (Lipinski definition) is 1. The first-order chi connectivity index (χ1) is 10.8. The Balaban J connectivity index is 2.20. The van der Waals surface area contributed by atoms with Gasteiger partial charge in [-0.3, -0.25) is 0 Å². The Morgan fingerprint density at radius 3 is 2.18 bits per heavy atom. The van der Waals surface area contributed by atoms with Crippen LogP contribution >= 0.6 is 0 Å². The van der Waals surface area contributed by atoms with Gasteiger partial charge in [-0.15, -0.1) is 0 Å². The smallest absolute Gasteiger partial charge is 0.158 e. The fourth-order valence-electron chi connectivity index (χ4n) is 3.41. The Kier molecular flexibility index (Phi) is 2.12. The van der Waals surface area contributed by atoms with Crippen molar-refractivity contribution in [1.29, 1.82) is 0 Å². The molecule has 0 fully saturated rings. The van der Waals surface area contributed by atoms with E-state index >= 15 is 0 Å². The highest BCUT2D eigenvalue weighted by Gasteiger charge is 2.15.